The number of anilines is 1. The summed E-state index contributed by atoms with van der Waals surface area (Å²) in [6, 6.07) is 8.81. The molecule has 0 spiro atoms. The summed E-state index contributed by atoms with van der Waals surface area (Å²) in [5.41, 5.74) is 3.06. The maximum Gasteiger partial charge on any atom is 0.250 e. The van der Waals surface area contributed by atoms with Crippen LogP contribution in [-0.2, 0) is 9.53 Å². The fraction of sp³-hybridized carbons (Fsp3) is 0.538. The van der Waals surface area contributed by atoms with E-state index >= 15 is 0 Å². The molecule has 3 aliphatic rings. The number of piperazine rings is 1. The molecule has 1 saturated heterocycles. The van der Waals surface area contributed by atoms with Gasteiger partial charge in [-0.1, -0.05) is 6.07 Å². The SMILES string of the molecule is O=C(N[C@H]1CC[C@H](CCN2CCN(c3cccc(-c4ncco4)c3)CC2)CC1)C1=COCC1. The largest absolute Gasteiger partial charge is 0.500 e. The van der Waals surface area contributed by atoms with E-state index in [0.29, 0.717) is 18.5 Å². The average molecular weight is 451 g/mol. The van der Waals surface area contributed by atoms with E-state index in [9.17, 15) is 4.79 Å². The summed E-state index contributed by atoms with van der Waals surface area (Å²) in [5, 5.41) is 3.21. The van der Waals surface area contributed by atoms with Crippen LogP contribution in [0.1, 0.15) is 38.5 Å². The van der Waals surface area contributed by atoms with Gasteiger partial charge in [-0.15, -0.1) is 0 Å². The first kappa shape index (κ1) is 22.0. The number of hydrogen-bond donors (Lipinski definition) is 1. The van der Waals surface area contributed by atoms with E-state index in [1.807, 2.05) is 6.07 Å². The Labute approximate surface area is 195 Å². The summed E-state index contributed by atoms with van der Waals surface area (Å²) >= 11 is 0. The molecule has 1 aliphatic carbocycles. The number of carbonyl (C=O) groups excluding carboxylic acids is 1. The maximum absolute atomic E-state index is 12.3. The number of carbonyl (C=O) groups is 1. The molecule has 2 aliphatic heterocycles. The second kappa shape index (κ2) is 10.4. The lowest BCUT2D eigenvalue weighted by Crippen LogP contribution is -2.47. The summed E-state index contributed by atoms with van der Waals surface area (Å²) in [6.45, 7) is 6.12. The summed E-state index contributed by atoms with van der Waals surface area (Å²) in [5.74, 6) is 1.52. The van der Waals surface area contributed by atoms with Crippen molar-refractivity contribution in [2.24, 2.45) is 5.92 Å². The zero-order valence-electron chi connectivity index (χ0n) is 19.2. The molecule has 0 atom stereocenters. The Balaban J connectivity index is 1.02. The van der Waals surface area contributed by atoms with Gasteiger partial charge < -0.3 is 19.4 Å². The first-order valence-electron chi connectivity index (χ1n) is 12.3. The van der Waals surface area contributed by atoms with Gasteiger partial charge in [-0.05, 0) is 62.8 Å². The van der Waals surface area contributed by atoms with Gasteiger partial charge in [0.05, 0.1) is 24.6 Å². The molecule has 5 rings (SSSR count). The molecule has 1 aromatic heterocycles. The lowest BCUT2D eigenvalue weighted by molar-refractivity contribution is -0.118. The summed E-state index contributed by atoms with van der Waals surface area (Å²) in [4.78, 5) is 21.6. The molecule has 1 aromatic carbocycles. The summed E-state index contributed by atoms with van der Waals surface area (Å²) < 4.78 is 10.6. The molecule has 0 radical (unpaired) electrons. The number of aromatic nitrogens is 1. The van der Waals surface area contributed by atoms with E-state index in [0.717, 1.165) is 62.5 Å². The molecular weight excluding hydrogens is 416 g/mol. The molecule has 7 heteroatoms. The van der Waals surface area contributed by atoms with Crippen molar-refractivity contribution in [3.63, 3.8) is 0 Å². The molecule has 7 nitrogen and oxygen atoms in total. The number of rotatable bonds is 7. The fourth-order valence-electron chi connectivity index (χ4n) is 5.22. The average Bonchev–Trinajstić information content (AvgIpc) is 3.59. The van der Waals surface area contributed by atoms with Crippen LogP contribution in [0.4, 0.5) is 5.69 Å². The van der Waals surface area contributed by atoms with Crippen LogP contribution in [0.15, 0.2) is 53.0 Å². The smallest absolute Gasteiger partial charge is 0.250 e. The molecule has 0 bridgehead atoms. The van der Waals surface area contributed by atoms with Crippen molar-refractivity contribution in [2.45, 2.75) is 44.6 Å². The Hall–Kier alpha value is -2.80. The third-order valence-corrected chi connectivity index (χ3v) is 7.30. The number of nitrogens with zero attached hydrogens (tertiary/aromatic N) is 3. The monoisotopic (exact) mass is 450 g/mol. The minimum Gasteiger partial charge on any atom is -0.500 e. The van der Waals surface area contributed by atoms with Crippen molar-refractivity contribution in [2.75, 3.05) is 44.2 Å². The highest BCUT2D eigenvalue weighted by Gasteiger charge is 2.25. The molecule has 33 heavy (non-hydrogen) atoms. The highest BCUT2D eigenvalue weighted by Crippen LogP contribution is 2.28. The normalized spacial score (nSPS) is 23.8. The third-order valence-electron chi connectivity index (χ3n) is 7.30. The Kier molecular flexibility index (Phi) is 6.95. The second-order valence-corrected chi connectivity index (χ2v) is 9.46. The van der Waals surface area contributed by atoms with Crippen LogP contribution in [0, 0.1) is 5.92 Å². The predicted molar refractivity (Wildman–Crippen MR) is 128 cm³/mol. The Morgan fingerprint density at radius 2 is 1.97 bits per heavy atom. The van der Waals surface area contributed by atoms with Gasteiger partial charge in [-0.25, -0.2) is 4.98 Å². The van der Waals surface area contributed by atoms with Crippen molar-refractivity contribution >= 4 is 11.6 Å². The molecule has 1 N–H and O–H groups in total. The topological polar surface area (TPSA) is 70.8 Å². The van der Waals surface area contributed by atoms with Gasteiger partial charge in [-0.2, -0.15) is 0 Å². The van der Waals surface area contributed by atoms with Gasteiger partial charge >= 0.3 is 0 Å². The fourth-order valence-corrected chi connectivity index (χ4v) is 5.22. The van der Waals surface area contributed by atoms with Crippen LogP contribution in [0.25, 0.3) is 11.5 Å². The van der Waals surface area contributed by atoms with E-state index in [-0.39, 0.29) is 5.91 Å². The lowest BCUT2D eigenvalue weighted by Gasteiger charge is -2.37. The number of ether oxygens (including phenoxy) is 1. The van der Waals surface area contributed by atoms with Crippen LogP contribution in [0.3, 0.4) is 0 Å². The van der Waals surface area contributed by atoms with E-state index in [1.165, 1.54) is 31.5 Å². The zero-order valence-corrected chi connectivity index (χ0v) is 19.2. The van der Waals surface area contributed by atoms with Gasteiger partial charge in [0.2, 0.25) is 5.89 Å². The molecule has 0 unspecified atom stereocenters. The molecular formula is C26H34N4O3. The predicted octanol–water partition coefficient (Wildman–Crippen LogP) is 3.83. The number of amides is 1. The lowest BCUT2D eigenvalue weighted by atomic mass is 9.84. The van der Waals surface area contributed by atoms with Crippen LogP contribution < -0.4 is 10.2 Å². The Morgan fingerprint density at radius 3 is 2.70 bits per heavy atom. The van der Waals surface area contributed by atoms with Gasteiger partial charge in [-0.3, -0.25) is 9.69 Å². The van der Waals surface area contributed by atoms with Gasteiger partial charge in [0.15, 0.2) is 0 Å². The van der Waals surface area contributed by atoms with Crippen molar-refractivity contribution < 1.29 is 13.9 Å². The van der Waals surface area contributed by atoms with Gasteiger partial charge in [0.25, 0.3) is 5.91 Å². The van der Waals surface area contributed by atoms with Crippen molar-refractivity contribution in [3.8, 4) is 11.5 Å². The minimum absolute atomic E-state index is 0.0692. The van der Waals surface area contributed by atoms with Crippen LogP contribution in [0.5, 0.6) is 0 Å². The standard InChI is InChI=1S/C26H34N4O3/c31-25(22-9-16-32-19-22)28-23-6-4-20(5-7-23)8-11-29-12-14-30(15-13-29)24-3-1-2-21(18-24)26-27-10-17-33-26/h1-3,10,17-20,23H,4-9,11-16H2,(H,28,31)/t20-,23-. The molecule has 3 heterocycles. The van der Waals surface area contributed by atoms with E-state index in [4.69, 9.17) is 9.15 Å². The zero-order chi connectivity index (χ0) is 22.5. The third kappa shape index (κ3) is 5.58. The second-order valence-electron chi connectivity index (χ2n) is 9.46. The van der Waals surface area contributed by atoms with Gasteiger partial charge in [0.1, 0.15) is 6.26 Å². The minimum atomic E-state index is 0.0692. The number of benzene rings is 1. The van der Waals surface area contributed by atoms with Crippen molar-refractivity contribution in [1.29, 1.82) is 0 Å². The van der Waals surface area contributed by atoms with Crippen LogP contribution in [0.2, 0.25) is 0 Å². The first-order valence-corrected chi connectivity index (χ1v) is 12.3. The van der Waals surface area contributed by atoms with Crippen molar-refractivity contribution in [1.82, 2.24) is 15.2 Å². The van der Waals surface area contributed by atoms with Crippen LogP contribution in [-0.4, -0.2) is 61.2 Å². The summed E-state index contributed by atoms with van der Waals surface area (Å²) in [6.07, 6.45) is 11.6. The van der Waals surface area contributed by atoms with E-state index in [1.54, 1.807) is 18.7 Å². The number of hydrogen-bond acceptors (Lipinski definition) is 6. The molecule has 2 fully saturated rings. The van der Waals surface area contributed by atoms with Crippen molar-refractivity contribution in [3.05, 3.63) is 48.6 Å². The van der Waals surface area contributed by atoms with Gasteiger partial charge in [0, 0.05) is 49.9 Å². The number of nitrogens with one attached hydrogen (secondary N) is 1. The Morgan fingerprint density at radius 1 is 1.12 bits per heavy atom. The highest BCUT2D eigenvalue weighted by molar-refractivity contribution is 5.93. The molecule has 1 saturated carbocycles. The molecule has 176 valence electrons. The summed E-state index contributed by atoms with van der Waals surface area (Å²) in [7, 11) is 0. The van der Waals surface area contributed by atoms with Crippen LogP contribution >= 0.6 is 0 Å². The highest BCUT2D eigenvalue weighted by atomic mass is 16.5. The quantitative estimate of drug-likeness (QED) is 0.691. The Bertz CT molecular complexity index is 942. The first-order chi connectivity index (χ1) is 16.2. The number of oxazole rings is 1. The van der Waals surface area contributed by atoms with E-state index < -0.39 is 0 Å². The maximum atomic E-state index is 12.3. The molecule has 2 aromatic rings. The van der Waals surface area contributed by atoms with E-state index in [2.05, 4.69) is 38.3 Å². The molecule has 1 amide bonds.